The van der Waals surface area contributed by atoms with Crippen LogP contribution in [0.3, 0.4) is 0 Å². The van der Waals surface area contributed by atoms with Gasteiger partial charge < -0.3 is 10.2 Å². The maximum Gasteiger partial charge on any atom is 0.416 e. The topological polar surface area (TPSA) is 32.3 Å². The van der Waals surface area contributed by atoms with Crippen LogP contribution in [0.4, 0.5) is 13.2 Å². The third-order valence-corrected chi connectivity index (χ3v) is 4.83. The number of nitrogens with zero attached hydrogens (tertiary/aromatic N) is 1. The van der Waals surface area contributed by atoms with Crippen LogP contribution in [-0.2, 0) is 6.18 Å². The van der Waals surface area contributed by atoms with Crippen molar-refractivity contribution in [3.63, 3.8) is 0 Å². The zero-order chi connectivity index (χ0) is 15.8. The molecule has 3 rings (SSSR count). The van der Waals surface area contributed by atoms with Crippen molar-refractivity contribution in [2.75, 3.05) is 26.2 Å². The minimum atomic E-state index is -4.42. The second kappa shape index (κ2) is 6.69. The summed E-state index contributed by atoms with van der Waals surface area (Å²) in [6.45, 7) is 3.19. The summed E-state index contributed by atoms with van der Waals surface area (Å²) in [4.78, 5) is 14.2. The number of amides is 1. The van der Waals surface area contributed by atoms with Gasteiger partial charge in [0.1, 0.15) is 0 Å². The van der Waals surface area contributed by atoms with Crippen molar-refractivity contribution in [1.82, 2.24) is 10.2 Å². The van der Waals surface area contributed by atoms with Gasteiger partial charge in [-0.05, 0) is 56.0 Å². The fourth-order valence-corrected chi connectivity index (χ4v) is 3.48. The molecule has 1 spiro atoms. The monoisotopic (exact) mass is 348 g/mol. The standard InChI is InChI=1S/C16H19F3N2O.ClH/c17-16(18,19)13-3-1-2-12(10-13)14(22)21-9-6-15(11-21)4-7-20-8-5-15;/h1-3,10,20H,4-9,11H2;1H. The second-order valence-electron chi connectivity index (χ2n) is 6.31. The summed E-state index contributed by atoms with van der Waals surface area (Å²) in [5.41, 5.74) is -0.488. The van der Waals surface area contributed by atoms with Crippen LogP contribution in [0.2, 0.25) is 0 Å². The number of alkyl halides is 3. The van der Waals surface area contributed by atoms with E-state index < -0.39 is 11.7 Å². The quantitative estimate of drug-likeness (QED) is 0.844. The van der Waals surface area contributed by atoms with Crippen molar-refractivity contribution >= 4 is 18.3 Å². The average molecular weight is 349 g/mol. The first-order valence-corrected chi connectivity index (χ1v) is 7.57. The van der Waals surface area contributed by atoms with Gasteiger partial charge in [-0.1, -0.05) is 6.07 Å². The van der Waals surface area contributed by atoms with Gasteiger partial charge in [-0.15, -0.1) is 12.4 Å². The van der Waals surface area contributed by atoms with Gasteiger partial charge in [0.05, 0.1) is 5.56 Å². The predicted molar refractivity (Wildman–Crippen MR) is 83.7 cm³/mol. The number of piperidine rings is 1. The van der Waals surface area contributed by atoms with Gasteiger partial charge in [-0.2, -0.15) is 13.2 Å². The fourth-order valence-electron chi connectivity index (χ4n) is 3.48. The van der Waals surface area contributed by atoms with Crippen molar-refractivity contribution in [3.8, 4) is 0 Å². The van der Waals surface area contributed by atoms with E-state index in [0.29, 0.717) is 13.1 Å². The van der Waals surface area contributed by atoms with E-state index in [1.54, 1.807) is 4.90 Å². The molecule has 23 heavy (non-hydrogen) atoms. The van der Waals surface area contributed by atoms with Crippen LogP contribution < -0.4 is 5.32 Å². The predicted octanol–water partition coefficient (Wildman–Crippen LogP) is 3.34. The number of hydrogen-bond donors (Lipinski definition) is 1. The summed E-state index contributed by atoms with van der Waals surface area (Å²) in [6.07, 6.45) is -1.42. The Labute approximate surface area is 139 Å². The van der Waals surface area contributed by atoms with E-state index >= 15 is 0 Å². The molecule has 1 aromatic carbocycles. The highest BCUT2D eigenvalue weighted by molar-refractivity contribution is 5.94. The van der Waals surface area contributed by atoms with Crippen molar-refractivity contribution in [3.05, 3.63) is 35.4 Å². The molecule has 0 saturated carbocycles. The Balaban J connectivity index is 0.00000192. The molecule has 0 aliphatic carbocycles. The number of benzene rings is 1. The molecular formula is C16H20ClF3N2O. The number of rotatable bonds is 1. The Morgan fingerprint density at radius 3 is 2.52 bits per heavy atom. The lowest BCUT2D eigenvalue weighted by Gasteiger charge is -2.33. The highest BCUT2D eigenvalue weighted by atomic mass is 35.5. The van der Waals surface area contributed by atoms with Gasteiger partial charge in [0, 0.05) is 18.7 Å². The largest absolute Gasteiger partial charge is 0.416 e. The van der Waals surface area contributed by atoms with E-state index in [4.69, 9.17) is 0 Å². The maximum atomic E-state index is 12.8. The summed E-state index contributed by atoms with van der Waals surface area (Å²) in [5.74, 6) is -0.290. The third kappa shape index (κ3) is 3.80. The maximum absolute atomic E-state index is 12.8. The first-order valence-electron chi connectivity index (χ1n) is 7.57. The number of likely N-dealkylation sites (tertiary alicyclic amines) is 1. The van der Waals surface area contributed by atoms with Crippen molar-refractivity contribution in [2.24, 2.45) is 5.41 Å². The van der Waals surface area contributed by atoms with E-state index in [1.807, 2.05) is 0 Å². The number of carbonyl (C=O) groups is 1. The zero-order valence-corrected chi connectivity index (χ0v) is 13.5. The fraction of sp³-hybridized carbons (Fsp3) is 0.562. The van der Waals surface area contributed by atoms with Crippen LogP contribution in [0, 0.1) is 5.41 Å². The van der Waals surface area contributed by atoms with Crippen LogP contribution in [-0.4, -0.2) is 37.0 Å². The van der Waals surface area contributed by atoms with Crippen LogP contribution in [0.1, 0.15) is 35.2 Å². The summed E-state index contributed by atoms with van der Waals surface area (Å²) in [7, 11) is 0. The van der Waals surface area contributed by atoms with E-state index in [-0.39, 0.29) is 29.3 Å². The first-order chi connectivity index (χ1) is 10.4. The van der Waals surface area contributed by atoms with Crippen molar-refractivity contribution in [1.29, 1.82) is 0 Å². The average Bonchev–Trinajstić information content (AvgIpc) is 2.90. The molecule has 0 atom stereocenters. The second-order valence-corrected chi connectivity index (χ2v) is 6.31. The number of hydrogen-bond acceptors (Lipinski definition) is 2. The van der Waals surface area contributed by atoms with Gasteiger partial charge in [0.2, 0.25) is 0 Å². The summed E-state index contributed by atoms with van der Waals surface area (Å²) >= 11 is 0. The zero-order valence-electron chi connectivity index (χ0n) is 12.7. The van der Waals surface area contributed by atoms with Crippen LogP contribution in [0.15, 0.2) is 24.3 Å². The highest BCUT2D eigenvalue weighted by Gasteiger charge is 2.41. The Morgan fingerprint density at radius 2 is 1.87 bits per heavy atom. The van der Waals surface area contributed by atoms with Gasteiger partial charge >= 0.3 is 6.18 Å². The molecule has 1 N–H and O–H groups in total. The van der Waals surface area contributed by atoms with Crippen LogP contribution in [0.25, 0.3) is 0 Å². The lowest BCUT2D eigenvalue weighted by atomic mass is 9.78. The van der Waals surface area contributed by atoms with Gasteiger partial charge in [-0.25, -0.2) is 0 Å². The number of carbonyl (C=O) groups excluding carboxylic acids is 1. The molecule has 7 heteroatoms. The molecule has 1 aromatic rings. The molecule has 0 bridgehead atoms. The smallest absolute Gasteiger partial charge is 0.338 e. The molecule has 128 valence electrons. The molecule has 0 radical (unpaired) electrons. The molecule has 2 fully saturated rings. The molecule has 3 nitrogen and oxygen atoms in total. The Kier molecular flexibility index (Phi) is 5.26. The molecular weight excluding hydrogens is 329 g/mol. The van der Waals surface area contributed by atoms with Crippen molar-refractivity contribution in [2.45, 2.75) is 25.4 Å². The summed E-state index contributed by atoms with van der Waals surface area (Å²) < 4.78 is 38.3. The summed E-state index contributed by atoms with van der Waals surface area (Å²) in [5, 5.41) is 3.31. The minimum Gasteiger partial charge on any atom is -0.338 e. The molecule has 2 aliphatic heterocycles. The van der Waals surface area contributed by atoms with E-state index in [1.165, 1.54) is 12.1 Å². The minimum absolute atomic E-state index is 0. The molecule has 2 heterocycles. The summed E-state index contributed by atoms with van der Waals surface area (Å²) in [6, 6.07) is 4.71. The van der Waals surface area contributed by atoms with E-state index in [9.17, 15) is 18.0 Å². The lowest BCUT2D eigenvalue weighted by Crippen LogP contribution is -2.39. The van der Waals surface area contributed by atoms with Crippen molar-refractivity contribution < 1.29 is 18.0 Å². The first kappa shape index (κ1) is 18.1. The number of nitrogens with one attached hydrogen (secondary N) is 1. The van der Waals surface area contributed by atoms with E-state index in [2.05, 4.69) is 5.32 Å². The van der Waals surface area contributed by atoms with Gasteiger partial charge in [0.25, 0.3) is 5.91 Å². The normalized spacial score (nSPS) is 20.4. The van der Waals surface area contributed by atoms with Gasteiger partial charge in [-0.3, -0.25) is 4.79 Å². The Hall–Kier alpha value is -1.27. The molecule has 2 saturated heterocycles. The molecule has 2 aliphatic rings. The van der Waals surface area contributed by atoms with Crippen LogP contribution in [0.5, 0.6) is 0 Å². The van der Waals surface area contributed by atoms with Crippen LogP contribution >= 0.6 is 12.4 Å². The third-order valence-electron chi connectivity index (χ3n) is 4.83. The molecule has 0 unspecified atom stereocenters. The van der Waals surface area contributed by atoms with E-state index in [0.717, 1.165) is 44.5 Å². The van der Waals surface area contributed by atoms with Gasteiger partial charge in [0.15, 0.2) is 0 Å². The Bertz CT molecular complexity index is 571. The lowest BCUT2D eigenvalue weighted by molar-refractivity contribution is -0.137. The highest BCUT2D eigenvalue weighted by Crippen LogP contribution is 2.39. The molecule has 0 aromatic heterocycles. The number of halogens is 4. The Morgan fingerprint density at radius 1 is 1.17 bits per heavy atom. The molecule has 1 amide bonds. The SMILES string of the molecule is Cl.O=C(c1cccc(C(F)(F)F)c1)N1CCC2(CCNCC2)C1.